The molecule has 0 saturated heterocycles. The molecular weight excluding hydrogens is 220 g/mol. The van der Waals surface area contributed by atoms with E-state index in [9.17, 15) is 0 Å². The van der Waals surface area contributed by atoms with E-state index in [1.165, 1.54) is 0 Å². The topological polar surface area (TPSA) is 9.23 Å². The molecule has 16 heavy (non-hydrogen) atoms. The monoisotopic (exact) mass is 234 g/mol. The smallest absolute Gasteiger partial charge is 0.126 e. The second kappa shape index (κ2) is 6.91. The minimum Gasteiger partial charge on any atom is -0.458 e. The highest BCUT2D eigenvalue weighted by atomic mass is 35.5. The van der Waals surface area contributed by atoms with E-state index < -0.39 is 0 Å². The van der Waals surface area contributed by atoms with E-state index in [0.29, 0.717) is 5.76 Å². The molecule has 0 atom stereocenters. The zero-order valence-corrected chi connectivity index (χ0v) is 10.1. The zero-order valence-electron chi connectivity index (χ0n) is 9.32. The summed E-state index contributed by atoms with van der Waals surface area (Å²) in [6.45, 7) is 5.65. The largest absolute Gasteiger partial charge is 0.458 e. The first-order valence-corrected chi connectivity index (χ1v) is 5.51. The van der Waals surface area contributed by atoms with Crippen LogP contribution in [0.25, 0.3) is 0 Å². The van der Waals surface area contributed by atoms with Crippen LogP contribution < -0.4 is 0 Å². The van der Waals surface area contributed by atoms with E-state index in [4.69, 9.17) is 16.3 Å². The lowest BCUT2D eigenvalue weighted by atomic mass is 10.3. The van der Waals surface area contributed by atoms with E-state index in [1.807, 2.05) is 49.5 Å². The highest BCUT2D eigenvalue weighted by molar-refractivity contribution is 6.31. The van der Waals surface area contributed by atoms with Crippen LogP contribution in [0.4, 0.5) is 0 Å². The third-order valence-electron chi connectivity index (χ3n) is 1.93. The van der Waals surface area contributed by atoms with Gasteiger partial charge in [0.25, 0.3) is 0 Å². The Morgan fingerprint density at radius 2 is 2.25 bits per heavy atom. The number of ether oxygens (including phenoxy) is 1. The molecule has 0 unspecified atom stereocenters. The van der Waals surface area contributed by atoms with Gasteiger partial charge in [-0.3, -0.25) is 0 Å². The number of halogens is 1. The lowest BCUT2D eigenvalue weighted by Gasteiger charge is -2.05. The SMILES string of the molecule is C=C/C(=C\C=C/C)OC1=CCC=C(Cl)C=C1. The molecule has 0 amide bonds. The summed E-state index contributed by atoms with van der Waals surface area (Å²) >= 11 is 5.88. The van der Waals surface area contributed by atoms with E-state index in [1.54, 1.807) is 6.08 Å². The lowest BCUT2D eigenvalue weighted by molar-refractivity contribution is 0.335. The van der Waals surface area contributed by atoms with Crippen LogP contribution in [0.2, 0.25) is 0 Å². The fourth-order valence-corrected chi connectivity index (χ4v) is 1.28. The van der Waals surface area contributed by atoms with Crippen LogP contribution in [0.1, 0.15) is 13.3 Å². The van der Waals surface area contributed by atoms with Crippen molar-refractivity contribution in [2.24, 2.45) is 0 Å². The molecule has 0 radical (unpaired) electrons. The van der Waals surface area contributed by atoms with Crippen LogP contribution in [-0.2, 0) is 4.74 Å². The molecule has 0 aromatic carbocycles. The molecule has 0 saturated carbocycles. The molecule has 1 aliphatic rings. The molecule has 0 aromatic rings. The van der Waals surface area contributed by atoms with E-state index in [2.05, 4.69) is 6.58 Å². The quantitative estimate of drug-likeness (QED) is 0.510. The summed E-state index contributed by atoms with van der Waals surface area (Å²) in [6.07, 6.45) is 15.7. The minimum absolute atomic E-state index is 0.715. The maximum absolute atomic E-state index is 5.88. The molecule has 84 valence electrons. The Morgan fingerprint density at radius 1 is 1.44 bits per heavy atom. The molecular formula is C14H15ClO. The van der Waals surface area contributed by atoms with Crippen molar-refractivity contribution in [3.05, 3.63) is 71.7 Å². The maximum atomic E-state index is 5.88. The van der Waals surface area contributed by atoms with E-state index in [0.717, 1.165) is 17.2 Å². The van der Waals surface area contributed by atoms with Crippen LogP contribution in [-0.4, -0.2) is 0 Å². The van der Waals surface area contributed by atoms with Gasteiger partial charge in [0.2, 0.25) is 0 Å². The van der Waals surface area contributed by atoms with Crippen LogP contribution >= 0.6 is 11.6 Å². The molecule has 2 heteroatoms. The Morgan fingerprint density at radius 3 is 2.94 bits per heavy atom. The van der Waals surface area contributed by atoms with Gasteiger partial charge in [0.05, 0.1) is 0 Å². The second-order valence-corrected chi connectivity index (χ2v) is 3.60. The Balaban J connectivity index is 2.70. The summed E-state index contributed by atoms with van der Waals surface area (Å²) in [5.74, 6) is 1.49. The number of hydrogen-bond donors (Lipinski definition) is 0. The fraction of sp³-hybridized carbons (Fsp3) is 0.143. The molecule has 1 nitrogen and oxygen atoms in total. The first-order valence-electron chi connectivity index (χ1n) is 5.13. The molecule has 0 heterocycles. The summed E-state index contributed by atoms with van der Waals surface area (Å²) in [6, 6.07) is 0. The molecule has 0 N–H and O–H groups in total. The molecule has 0 fully saturated rings. The summed E-state index contributed by atoms with van der Waals surface area (Å²) in [5.41, 5.74) is 0. The number of allylic oxidation sites excluding steroid dienone is 9. The van der Waals surface area contributed by atoms with Crippen LogP contribution in [0.3, 0.4) is 0 Å². The van der Waals surface area contributed by atoms with Gasteiger partial charge in [0, 0.05) is 5.03 Å². The van der Waals surface area contributed by atoms with Gasteiger partial charge in [0.15, 0.2) is 0 Å². The van der Waals surface area contributed by atoms with Gasteiger partial charge in [-0.15, -0.1) is 0 Å². The van der Waals surface area contributed by atoms with Gasteiger partial charge in [-0.05, 0) is 43.7 Å². The highest BCUT2D eigenvalue weighted by Crippen LogP contribution is 2.17. The summed E-state index contributed by atoms with van der Waals surface area (Å²) < 4.78 is 5.65. The predicted molar refractivity (Wildman–Crippen MR) is 70.0 cm³/mol. The highest BCUT2D eigenvalue weighted by Gasteiger charge is 1.99. The normalized spacial score (nSPS) is 16.8. The van der Waals surface area contributed by atoms with Gasteiger partial charge < -0.3 is 4.74 Å². The first kappa shape index (κ1) is 12.6. The first-order chi connectivity index (χ1) is 7.76. The van der Waals surface area contributed by atoms with Gasteiger partial charge in [0.1, 0.15) is 11.5 Å². The summed E-state index contributed by atoms with van der Waals surface area (Å²) in [5, 5.41) is 0.729. The average Bonchev–Trinajstić information content (AvgIpc) is 2.49. The molecule has 1 aliphatic carbocycles. The van der Waals surface area contributed by atoms with Crippen molar-refractivity contribution in [1.29, 1.82) is 0 Å². The van der Waals surface area contributed by atoms with E-state index in [-0.39, 0.29) is 0 Å². The molecule has 1 rings (SSSR count). The van der Waals surface area contributed by atoms with Crippen molar-refractivity contribution in [2.75, 3.05) is 0 Å². The Hall–Kier alpha value is -1.47. The lowest BCUT2D eigenvalue weighted by Crippen LogP contribution is -1.87. The van der Waals surface area contributed by atoms with Gasteiger partial charge in [-0.1, -0.05) is 36.4 Å². The maximum Gasteiger partial charge on any atom is 0.126 e. The third kappa shape index (κ3) is 4.37. The predicted octanol–water partition coefficient (Wildman–Crippen LogP) is 4.62. The molecule has 0 bridgehead atoms. The van der Waals surface area contributed by atoms with Gasteiger partial charge >= 0.3 is 0 Å². The third-order valence-corrected chi connectivity index (χ3v) is 2.21. The zero-order chi connectivity index (χ0) is 11.8. The van der Waals surface area contributed by atoms with Gasteiger partial charge in [-0.25, -0.2) is 0 Å². The van der Waals surface area contributed by atoms with Crippen LogP contribution in [0.5, 0.6) is 0 Å². The standard InChI is InChI=1S/C14H15ClO/c1-3-5-8-13(4-2)16-14-9-6-7-12(15)10-11-14/h3-5,7-11H,2,6H2,1H3/b5-3-,13-8+. The minimum atomic E-state index is 0.715. The second-order valence-electron chi connectivity index (χ2n) is 3.17. The van der Waals surface area contributed by atoms with Crippen molar-refractivity contribution in [3.8, 4) is 0 Å². The molecule has 0 aliphatic heterocycles. The Labute approximate surface area is 102 Å². The summed E-state index contributed by atoms with van der Waals surface area (Å²) in [7, 11) is 0. The number of hydrogen-bond acceptors (Lipinski definition) is 1. The Bertz CT molecular complexity index is 395. The van der Waals surface area contributed by atoms with Crippen molar-refractivity contribution in [3.63, 3.8) is 0 Å². The summed E-state index contributed by atoms with van der Waals surface area (Å²) in [4.78, 5) is 0. The average molecular weight is 235 g/mol. The van der Waals surface area contributed by atoms with Crippen molar-refractivity contribution >= 4 is 11.6 Å². The van der Waals surface area contributed by atoms with Crippen molar-refractivity contribution in [1.82, 2.24) is 0 Å². The Kier molecular flexibility index (Phi) is 5.44. The van der Waals surface area contributed by atoms with Crippen molar-refractivity contribution < 1.29 is 4.74 Å². The van der Waals surface area contributed by atoms with Gasteiger partial charge in [-0.2, -0.15) is 0 Å². The number of rotatable bonds is 4. The fourth-order valence-electron chi connectivity index (χ4n) is 1.13. The molecule has 0 spiro atoms. The van der Waals surface area contributed by atoms with Crippen LogP contribution in [0.15, 0.2) is 71.7 Å². The van der Waals surface area contributed by atoms with Crippen LogP contribution in [0, 0.1) is 0 Å². The van der Waals surface area contributed by atoms with E-state index >= 15 is 0 Å². The van der Waals surface area contributed by atoms with Crippen molar-refractivity contribution in [2.45, 2.75) is 13.3 Å². The molecule has 0 aromatic heterocycles.